The first kappa shape index (κ1) is 8.11. The number of rotatable bonds is 1. The number of hydrogen-bond donors (Lipinski definition) is 2. The Kier molecular flexibility index (Phi) is 1.56. The molecule has 1 aliphatic heterocycles. The van der Waals surface area contributed by atoms with Crippen molar-refractivity contribution in [3.05, 3.63) is 48.5 Å². The number of aromatic nitrogens is 1. The van der Waals surface area contributed by atoms with Gasteiger partial charge in [-0.3, -0.25) is 0 Å². The van der Waals surface area contributed by atoms with Gasteiger partial charge in [0.15, 0.2) is 0 Å². The zero-order valence-electron chi connectivity index (χ0n) is 7.95. The zero-order chi connectivity index (χ0) is 10.3. The first-order valence-corrected chi connectivity index (χ1v) is 4.61. The highest BCUT2D eigenvalue weighted by Crippen LogP contribution is 2.20. The summed E-state index contributed by atoms with van der Waals surface area (Å²) < 4.78 is 5.34. The standard InChI is InChI=1S/C11H9N3O/c1-7-13-14-11(15-7)9-6-12-10-5-3-2-4-8(9)10/h2-6,12-13H,1H2. The number of H-pyrrole nitrogens is 1. The molecule has 0 saturated heterocycles. The molecule has 0 amide bonds. The average molecular weight is 199 g/mol. The Labute approximate surface area is 86.3 Å². The highest BCUT2D eigenvalue weighted by molar-refractivity contribution is 6.07. The van der Waals surface area contributed by atoms with E-state index in [-0.39, 0.29) is 0 Å². The van der Waals surface area contributed by atoms with Crippen molar-refractivity contribution < 1.29 is 4.74 Å². The third-order valence-corrected chi connectivity index (χ3v) is 2.32. The van der Waals surface area contributed by atoms with Gasteiger partial charge in [-0.05, 0) is 12.6 Å². The van der Waals surface area contributed by atoms with E-state index in [0.29, 0.717) is 11.8 Å². The van der Waals surface area contributed by atoms with E-state index in [9.17, 15) is 0 Å². The number of hydrogen-bond acceptors (Lipinski definition) is 3. The second-order valence-corrected chi connectivity index (χ2v) is 3.30. The molecule has 2 N–H and O–H groups in total. The summed E-state index contributed by atoms with van der Waals surface area (Å²) in [6, 6.07) is 8.00. The van der Waals surface area contributed by atoms with Crippen LogP contribution in [0.3, 0.4) is 0 Å². The van der Waals surface area contributed by atoms with Gasteiger partial charge in [-0.2, -0.15) is 0 Å². The van der Waals surface area contributed by atoms with E-state index in [4.69, 9.17) is 4.74 Å². The lowest BCUT2D eigenvalue weighted by molar-refractivity contribution is 0.420. The molecule has 3 rings (SSSR count). The number of benzene rings is 1. The second kappa shape index (κ2) is 2.88. The molecule has 2 aromatic rings. The quantitative estimate of drug-likeness (QED) is 0.737. The van der Waals surface area contributed by atoms with Crippen molar-refractivity contribution in [3.8, 4) is 0 Å². The van der Waals surface area contributed by atoms with Gasteiger partial charge in [0.25, 0.3) is 0 Å². The first-order chi connectivity index (χ1) is 7.34. The molecular weight excluding hydrogens is 190 g/mol. The van der Waals surface area contributed by atoms with Crippen LogP contribution in [0.5, 0.6) is 0 Å². The van der Waals surface area contributed by atoms with Gasteiger partial charge in [0, 0.05) is 17.1 Å². The summed E-state index contributed by atoms with van der Waals surface area (Å²) in [5, 5.41) is 5.12. The van der Waals surface area contributed by atoms with Crippen LogP contribution in [0, 0.1) is 0 Å². The van der Waals surface area contributed by atoms with Crippen molar-refractivity contribution in [1.29, 1.82) is 0 Å². The molecule has 2 heterocycles. The molecule has 0 saturated carbocycles. The smallest absolute Gasteiger partial charge is 0.247 e. The van der Waals surface area contributed by atoms with Gasteiger partial charge in [0.05, 0.1) is 5.56 Å². The number of aromatic amines is 1. The van der Waals surface area contributed by atoms with Crippen molar-refractivity contribution in [3.63, 3.8) is 0 Å². The van der Waals surface area contributed by atoms with Gasteiger partial charge in [-0.25, -0.2) is 5.43 Å². The highest BCUT2D eigenvalue weighted by Gasteiger charge is 2.16. The lowest BCUT2D eigenvalue weighted by atomic mass is 10.2. The maximum atomic E-state index is 5.34. The minimum absolute atomic E-state index is 0.454. The molecule has 0 unspecified atom stereocenters. The lowest BCUT2D eigenvalue weighted by Gasteiger charge is -1.97. The van der Waals surface area contributed by atoms with Crippen LogP contribution in [-0.2, 0) is 4.74 Å². The number of ether oxygens (including phenoxy) is 1. The fourth-order valence-corrected chi connectivity index (χ4v) is 1.64. The summed E-state index contributed by atoms with van der Waals surface area (Å²) in [4.78, 5) is 3.16. The summed E-state index contributed by atoms with van der Waals surface area (Å²) in [5.41, 5.74) is 4.69. The number of nitrogens with zero attached hydrogens (tertiary/aromatic N) is 1. The van der Waals surface area contributed by atoms with Crippen molar-refractivity contribution in [1.82, 2.24) is 10.4 Å². The monoisotopic (exact) mass is 199 g/mol. The number of nitrogens with one attached hydrogen (secondary N) is 2. The Hall–Kier alpha value is -2.23. The van der Waals surface area contributed by atoms with Gasteiger partial charge in [-0.15, -0.1) is 5.10 Å². The molecule has 15 heavy (non-hydrogen) atoms. The Morgan fingerprint density at radius 2 is 2.13 bits per heavy atom. The molecule has 4 heteroatoms. The van der Waals surface area contributed by atoms with Gasteiger partial charge < -0.3 is 9.72 Å². The Morgan fingerprint density at radius 1 is 1.27 bits per heavy atom. The van der Waals surface area contributed by atoms with Crippen LogP contribution < -0.4 is 5.43 Å². The molecule has 1 aliphatic rings. The van der Waals surface area contributed by atoms with E-state index in [1.54, 1.807) is 0 Å². The summed E-state index contributed by atoms with van der Waals surface area (Å²) in [6.45, 7) is 3.64. The predicted molar refractivity (Wildman–Crippen MR) is 58.2 cm³/mol. The van der Waals surface area contributed by atoms with Crippen molar-refractivity contribution in [2.45, 2.75) is 0 Å². The van der Waals surface area contributed by atoms with Crippen LogP contribution in [0.2, 0.25) is 0 Å². The molecule has 4 nitrogen and oxygen atoms in total. The van der Waals surface area contributed by atoms with Gasteiger partial charge in [0.1, 0.15) is 0 Å². The van der Waals surface area contributed by atoms with E-state index in [1.807, 2.05) is 30.5 Å². The van der Waals surface area contributed by atoms with Crippen LogP contribution in [0.25, 0.3) is 10.9 Å². The second-order valence-electron chi connectivity index (χ2n) is 3.30. The van der Waals surface area contributed by atoms with Crippen LogP contribution >= 0.6 is 0 Å². The Balaban J connectivity index is 2.16. The van der Waals surface area contributed by atoms with E-state index in [1.165, 1.54) is 0 Å². The molecule has 0 fully saturated rings. The first-order valence-electron chi connectivity index (χ1n) is 4.61. The van der Waals surface area contributed by atoms with E-state index in [2.05, 4.69) is 22.1 Å². The van der Waals surface area contributed by atoms with Crippen LogP contribution in [0.4, 0.5) is 0 Å². The van der Waals surface area contributed by atoms with Crippen LogP contribution in [0.1, 0.15) is 5.56 Å². The minimum atomic E-state index is 0.454. The zero-order valence-corrected chi connectivity index (χ0v) is 7.95. The van der Waals surface area contributed by atoms with Crippen LogP contribution in [0.15, 0.2) is 48.0 Å². The summed E-state index contributed by atoms with van der Waals surface area (Å²) >= 11 is 0. The van der Waals surface area contributed by atoms with Gasteiger partial charge in [0.2, 0.25) is 11.8 Å². The molecule has 0 spiro atoms. The molecule has 0 bridgehead atoms. The van der Waals surface area contributed by atoms with Gasteiger partial charge >= 0.3 is 0 Å². The number of hydrazone groups is 1. The molecular formula is C11H9N3O. The lowest BCUT2D eigenvalue weighted by Crippen LogP contribution is -1.99. The van der Waals surface area contributed by atoms with Crippen molar-refractivity contribution >= 4 is 16.8 Å². The molecule has 1 aromatic heterocycles. The maximum absolute atomic E-state index is 5.34. The Bertz CT molecular complexity index is 568. The topological polar surface area (TPSA) is 49.4 Å². The minimum Gasteiger partial charge on any atom is -0.420 e. The largest absolute Gasteiger partial charge is 0.420 e. The normalized spacial score (nSPS) is 14.9. The van der Waals surface area contributed by atoms with Crippen LogP contribution in [-0.4, -0.2) is 10.9 Å². The van der Waals surface area contributed by atoms with E-state index < -0.39 is 0 Å². The predicted octanol–water partition coefficient (Wildman–Crippen LogP) is 1.92. The maximum Gasteiger partial charge on any atom is 0.247 e. The van der Waals surface area contributed by atoms with E-state index in [0.717, 1.165) is 16.5 Å². The summed E-state index contributed by atoms with van der Waals surface area (Å²) in [6.07, 6.45) is 1.88. The summed E-state index contributed by atoms with van der Waals surface area (Å²) in [7, 11) is 0. The molecule has 1 aromatic carbocycles. The van der Waals surface area contributed by atoms with Crippen molar-refractivity contribution in [2.75, 3.05) is 0 Å². The number of fused-ring (bicyclic) bond motifs is 1. The fraction of sp³-hybridized carbons (Fsp3) is 0. The van der Waals surface area contributed by atoms with E-state index >= 15 is 0 Å². The highest BCUT2D eigenvalue weighted by atomic mass is 16.5. The molecule has 0 aliphatic carbocycles. The summed E-state index contributed by atoms with van der Waals surface area (Å²) in [5.74, 6) is 1.01. The SMILES string of the molecule is C=C1NN=C(c2c[nH]c3ccccc23)O1. The van der Waals surface area contributed by atoms with Gasteiger partial charge in [-0.1, -0.05) is 18.2 Å². The molecule has 0 atom stereocenters. The third-order valence-electron chi connectivity index (χ3n) is 2.32. The Morgan fingerprint density at radius 3 is 2.93 bits per heavy atom. The average Bonchev–Trinajstić information content (AvgIpc) is 2.83. The fourth-order valence-electron chi connectivity index (χ4n) is 1.64. The molecule has 74 valence electrons. The third kappa shape index (κ3) is 1.19. The van der Waals surface area contributed by atoms with Crippen molar-refractivity contribution in [2.24, 2.45) is 5.10 Å². The number of para-hydroxylation sites is 1. The molecule has 0 radical (unpaired) electrons.